The number of morpholine rings is 1. The Hall–Kier alpha value is -2.44. The van der Waals surface area contributed by atoms with Crippen molar-refractivity contribution in [1.82, 2.24) is 8.28 Å². The molecule has 12 heteroatoms. The van der Waals surface area contributed by atoms with Crippen molar-refractivity contribution in [2.24, 2.45) is 0 Å². The number of halogens is 1. The SMILES string of the molecule is CCOC(=O)c1c(S(=O)(=O)N2CC(C)OC(C)C2)c2cc(Cl)ccc2n1S(=O)(=O)c1ccccc1. The van der Waals surface area contributed by atoms with Crippen LogP contribution < -0.4 is 0 Å². The van der Waals surface area contributed by atoms with Gasteiger partial charge in [0.05, 0.1) is 29.2 Å². The Balaban J connectivity index is 2.11. The lowest BCUT2D eigenvalue weighted by Gasteiger charge is -2.34. The molecule has 1 fully saturated rings. The van der Waals surface area contributed by atoms with Gasteiger partial charge in [-0.3, -0.25) is 0 Å². The number of hydrogen-bond acceptors (Lipinski definition) is 7. The van der Waals surface area contributed by atoms with E-state index < -0.39 is 48.8 Å². The fourth-order valence-corrected chi connectivity index (χ4v) is 7.94. The first-order chi connectivity index (χ1) is 16.5. The first-order valence-corrected chi connectivity index (χ1v) is 14.2. The van der Waals surface area contributed by atoms with Gasteiger partial charge in [-0.25, -0.2) is 25.6 Å². The van der Waals surface area contributed by atoms with Gasteiger partial charge in [0, 0.05) is 23.5 Å². The van der Waals surface area contributed by atoms with Gasteiger partial charge in [0.1, 0.15) is 4.90 Å². The minimum Gasteiger partial charge on any atom is -0.461 e. The lowest BCUT2D eigenvalue weighted by atomic mass is 10.2. The molecule has 1 aliphatic rings. The minimum absolute atomic E-state index is 0.00534. The summed E-state index contributed by atoms with van der Waals surface area (Å²) in [6, 6.07) is 11.6. The van der Waals surface area contributed by atoms with E-state index in [9.17, 15) is 21.6 Å². The van der Waals surface area contributed by atoms with Gasteiger partial charge in [-0.2, -0.15) is 4.31 Å². The maximum atomic E-state index is 14.0. The first kappa shape index (κ1) is 25.6. The van der Waals surface area contributed by atoms with Gasteiger partial charge < -0.3 is 9.47 Å². The van der Waals surface area contributed by atoms with Crippen LogP contribution in [0.3, 0.4) is 0 Å². The normalized spacial score (nSPS) is 19.7. The van der Waals surface area contributed by atoms with Gasteiger partial charge in [-0.1, -0.05) is 29.8 Å². The predicted octanol–water partition coefficient (Wildman–Crippen LogP) is 3.51. The van der Waals surface area contributed by atoms with Gasteiger partial charge in [0.25, 0.3) is 10.0 Å². The predicted molar refractivity (Wildman–Crippen MR) is 131 cm³/mol. The molecule has 1 aromatic heterocycles. The summed E-state index contributed by atoms with van der Waals surface area (Å²) in [5.41, 5.74) is -0.603. The molecule has 1 saturated heterocycles. The van der Waals surface area contributed by atoms with Crippen LogP contribution in [0.15, 0.2) is 58.3 Å². The quantitative estimate of drug-likeness (QED) is 0.440. The van der Waals surface area contributed by atoms with Crippen molar-refractivity contribution in [3.8, 4) is 0 Å². The standard InChI is InChI=1S/C23H25ClN2O7S2/c1-4-32-23(27)21-22(35(30,31)25-13-15(2)33-16(3)14-25)19-12-17(24)10-11-20(19)26(21)34(28,29)18-8-6-5-7-9-18/h5-12,15-16H,4,13-14H2,1-3H3. The first-order valence-electron chi connectivity index (χ1n) is 11.0. The second kappa shape index (κ2) is 9.55. The summed E-state index contributed by atoms with van der Waals surface area (Å²) < 4.78 is 68.4. The second-order valence-corrected chi connectivity index (χ2v) is 12.3. The van der Waals surface area contributed by atoms with Crippen molar-refractivity contribution in [2.75, 3.05) is 19.7 Å². The van der Waals surface area contributed by atoms with Crippen molar-refractivity contribution in [2.45, 2.75) is 42.8 Å². The largest absolute Gasteiger partial charge is 0.461 e. The summed E-state index contributed by atoms with van der Waals surface area (Å²) in [5.74, 6) is -1.08. The molecule has 9 nitrogen and oxygen atoms in total. The minimum atomic E-state index is -4.40. The molecule has 3 aromatic rings. The Morgan fingerprint density at radius 3 is 2.26 bits per heavy atom. The van der Waals surface area contributed by atoms with E-state index in [0.29, 0.717) is 0 Å². The topological polar surface area (TPSA) is 112 Å². The van der Waals surface area contributed by atoms with Crippen LogP contribution in [0.5, 0.6) is 0 Å². The monoisotopic (exact) mass is 540 g/mol. The van der Waals surface area contributed by atoms with E-state index in [1.807, 2.05) is 0 Å². The molecule has 188 valence electrons. The van der Waals surface area contributed by atoms with Crippen LogP contribution in [0.1, 0.15) is 31.3 Å². The van der Waals surface area contributed by atoms with E-state index >= 15 is 0 Å². The van der Waals surface area contributed by atoms with Crippen molar-refractivity contribution >= 4 is 48.5 Å². The Morgan fingerprint density at radius 2 is 1.66 bits per heavy atom. The van der Waals surface area contributed by atoms with Crippen molar-refractivity contribution in [3.05, 3.63) is 59.2 Å². The number of benzene rings is 2. The van der Waals surface area contributed by atoms with E-state index in [-0.39, 0.29) is 40.5 Å². The van der Waals surface area contributed by atoms with Crippen LogP contribution in [0.25, 0.3) is 10.9 Å². The van der Waals surface area contributed by atoms with E-state index in [2.05, 4.69) is 0 Å². The summed E-state index contributed by atoms with van der Waals surface area (Å²) in [6.45, 7) is 5.01. The number of aromatic nitrogens is 1. The highest BCUT2D eigenvalue weighted by atomic mass is 35.5. The molecule has 0 saturated carbocycles. The van der Waals surface area contributed by atoms with Gasteiger partial charge in [0.15, 0.2) is 5.69 Å². The van der Waals surface area contributed by atoms with E-state index in [0.717, 1.165) is 3.97 Å². The van der Waals surface area contributed by atoms with Gasteiger partial charge in [-0.05, 0) is 51.1 Å². The van der Waals surface area contributed by atoms with E-state index in [4.69, 9.17) is 21.1 Å². The highest BCUT2D eigenvalue weighted by molar-refractivity contribution is 7.91. The molecule has 0 N–H and O–H groups in total. The fraction of sp³-hybridized carbons (Fsp3) is 0.348. The molecular formula is C23H25ClN2O7S2. The Bertz CT molecular complexity index is 1480. The molecule has 2 atom stereocenters. The molecule has 0 amide bonds. The highest BCUT2D eigenvalue weighted by Gasteiger charge is 2.41. The van der Waals surface area contributed by atoms with E-state index in [1.54, 1.807) is 26.8 Å². The van der Waals surface area contributed by atoms with Crippen LogP contribution in [-0.4, -0.2) is 63.0 Å². The molecule has 2 heterocycles. The smallest absolute Gasteiger partial charge is 0.357 e. The molecular weight excluding hydrogens is 516 g/mol. The van der Waals surface area contributed by atoms with E-state index in [1.165, 1.54) is 46.8 Å². The Kier molecular flexibility index (Phi) is 7.00. The second-order valence-electron chi connectivity index (χ2n) is 8.22. The lowest BCUT2D eigenvalue weighted by molar-refractivity contribution is -0.0440. The third-order valence-electron chi connectivity index (χ3n) is 5.57. The van der Waals surface area contributed by atoms with Crippen molar-refractivity contribution in [1.29, 1.82) is 0 Å². The number of ether oxygens (including phenoxy) is 2. The highest BCUT2D eigenvalue weighted by Crippen LogP contribution is 2.37. The molecule has 0 aliphatic carbocycles. The fourth-order valence-electron chi connectivity index (χ4n) is 4.25. The number of sulfonamides is 1. The molecule has 1 aliphatic heterocycles. The number of fused-ring (bicyclic) bond motifs is 1. The van der Waals surface area contributed by atoms with Gasteiger partial charge >= 0.3 is 5.97 Å². The summed E-state index contributed by atoms with van der Waals surface area (Å²) >= 11 is 6.20. The molecule has 2 aromatic carbocycles. The number of carbonyl (C=O) groups excluding carboxylic acids is 1. The maximum absolute atomic E-state index is 14.0. The number of carbonyl (C=O) groups is 1. The number of esters is 1. The molecule has 0 bridgehead atoms. The molecule has 0 radical (unpaired) electrons. The lowest BCUT2D eigenvalue weighted by Crippen LogP contribution is -2.48. The maximum Gasteiger partial charge on any atom is 0.357 e. The van der Waals surface area contributed by atoms with Crippen LogP contribution >= 0.6 is 11.6 Å². The average Bonchev–Trinajstić information content (AvgIpc) is 3.15. The number of hydrogen-bond donors (Lipinski definition) is 0. The zero-order valence-electron chi connectivity index (χ0n) is 19.3. The van der Waals surface area contributed by atoms with Crippen LogP contribution in [0, 0.1) is 0 Å². The van der Waals surface area contributed by atoms with Crippen LogP contribution in [0.2, 0.25) is 5.02 Å². The summed E-state index contributed by atoms with van der Waals surface area (Å²) in [6.07, 6.45) is -0.797. The average molecular weight is 541 g/mol. The van der Waals surface area contributed by atoms with Crippen molar-refractivity contribution in [3.63, 3.8) is 0 Å². The molecule has 2 unspecified atom stereocenters. The van der Waals surface area contributed by atoms with Gasteiger partial charge in [0.2, 0.25) is 10.0 Å². The third kappa shape index (κ3) is 4.58. The van der Waals surface area contributed by atoms with Crippen LogP contribution in [0.4, 0.5) is 0 Å². The summed E-state index contributed by atoms with van der Waals surface area (Å²) in [4.78, 5) is 12.6. The zero-order chi connectivity index (χ0) is 25.5. The Labute approximate surface area is 209 Å². The third-order valence-corrected chi connectivity index (χ3v) is 9.44. The van der Waals surface area contributed by atoms with Crippen molar-refractivity contribution < 1.29 is 31.1 Å². The number of nitrogens with zero attached hydrogens (tertiary/aromatic N) is 2. The zero-order valence-corrected chi connectivity index (χ0v) is 21.7. The summed E-state index contributed by atoms with van der Waals surface area (Å²) in [7, 11) is -8.78. The Morgan fingerprint density at radius 1 is 1.03 bits per heavy atom. The number of rotatable bonds is 6. The molecule has 35 heavy (non-hydrogen) atoms. The van der Waals surface area contributed by atoms with Gasteiger partial charge in [-0.15, -0.1) is 0 Å². The molecule has 0 spiro atoms. The van der Waals surface area contributed by atoms with Crippen LogP contribution in [-0.2, 0) is 29.5 Å². The summed E-state index contributed by atoms with van der Waals surface area (Å²) in [5, 5.41) is 0.189. The molecule has 4 rings (SSSR count).